The molecule has 2 heterocycles. The van der Waals surface area contributed by atoms with Crippen LogP contribution in [0, 0.1) is 0 Å². The summed E-state index contributed by atoms with van der Waals surface area (Å²) >= 11 is 0. The Labute approximate surface area is 179 Å². The number of hydrogen-bond donors (Lipinski definition) is 1. The Balaban J connectivity index is 1.59. The normalized spacial score (nSPS) is 10.9. The summed E-state index contributed by atoms with van der Waals surface area (Å²) in [5.74, 6) is -0.295. The van der Waals surface area contributed by atoms with Gasteiger partial charge in [0.25, 0.3) is 0 Å². The molecule has 6 heteroatoms. The van der Waals surface area contributed by atoms with E-state index < -0.39 is 0 Å². The van der Waals surface area contributed by atoms with Crippen molar-refractivity contribution in [3.63, 3.8) is 0 Å². The van der Waals surface area contributed by atoms with Gasteiger partial charge >= 0.3 is 0 Å². The lowest BCUT2D eigenvalue weighted by molar-refractivity contribution is -0.111. The molecule has 0 fully saturated rings. The van der Waals surface area contributed by atoms with Crippen molar-refractivity contribution >= 4 is 23.5 Å². The number of nitrogens with one attached hydrogen (secondary N) is 1. The summed E-state index contributed by atoms with van der Waals surface area (Å²) in [7, 11) is 0. The van der Waals surface area contributed by atoms with E-state index in [1.54, 1.807) is 47.4 Å². The molecule has 1 N–H and O–H groups in total. The summed E-state index contributed by atoms with van der Waals surface area (Å²) in [6, 6.07) is 20.3. The maximum absolute atomic E-state index is 12.4. The van der Waals surface area contributed by atoms with Crippen molar-refractivity contribution in [3.8, 4) is 16.9 Å². The summed E-state index contributed by atoms with van der Waals surface area (Å²) in [6.07, 6.45) is 8.52. The van der Waals surface area contributed by atoms with E-state index in [-0.39, 0.29) is 11.7 Å². The van der Waals surface area contributed by atoms with Crippen molar-refractivity contribution in [1.29, 1.82) is 0 Å². The van der Waals surface area contributed by atoms with E-state index in [9.17, 15) is 9.59 Å². The third-order valence-corrected chi connectivity index (χ3v) is 4.67. The maximum Gasteiger partial charge on any atom is 0.248 e. The van der Waals surface area contributed by atoms with Crippen LogP contribution in [-0.2, 0) is 4.79 Å². The molecule has 0 radical (unpaired) electrons. The van der Waals surface area contributed by atoms with Gasteiger partial charge in [0.1, 0.15) is 5.69 Å². The van der Waals surface area contributed by atoms with Crippen molar-refractivity contribution in [2.75, 3.05) is 5.32 Å². The van der Waals surface area contributed by atoms with E-state index in [1.807, 2.05) is 48.7 Å². The van der Waals surface area contributed by atoms with Crippen LogP contribution in [0.3, 0.4) is 0 Å². The Hall–Kier alpha value is -4.32. The van der Waals surface area contributed by atoms with Gasteiger partial charge in [-0.1, -0.05) is 18.2 Å². The summed E-state index contributed by atoms with van der Waals surface area (Å²) < 4.78 is 1.78. The zero-order valence-corrected chi connectivity index (χ0v) is 16.9. The predicted octanol–water partition coefficient (Wildman–Crippen LogP) is 4.79. The number of carbonyl (C=O) groups excluding carboxylic acids is 2. The number of ketones is 1. The number of hydrogen-bond acceptors (Lipinski definition) is 4. The molecule has 2 aromatic heterocycles. The SMILES string of the molecule is CC(=O)c1ccc(NC(=O)/C=C/c2cn(-c3ccccc3)nc2-c2cccnc2)cc1. The van der Waals surface area contributed by atoms with Crippen molar-refractivity contribution in [3.05, 3.63) is 103 Å². The lowest BCUT2D eigenvalue weighted by Crippen LogP contribution is -2.07. The molecule has 152 valence electrons. The molecule has 0 aliphatic rings. The van der Waals surface area contributed by atoms with Gasteiger partial charge in [-0.3, -0.25) is 14.6 Å². The number of pyridine rings is 1. The Morgan fingerprint density at radius 2 is 1.74 bits per heavy atom. The van der Waals surface area contributed by atoms with Crippen molar-refractivity contribution in [2.45, 2.75) is 6.92 Å². The number of para-hydroxylation sites is 1. The second-order valence-electron chi connectivity index (χ2n) is 6.91. The molecule has 0 bridgehead atoms. The first-order chi connectivity index (χ1) is 15.1. The Morgan fingerprint density at radius 1 is 0.968 bits per heavy atom. The van der Waals surface area contributed by atoms with Crippen molar-refractivity contribution in [2.24, 2.45) is 0 Å². The number of benzene rings is 2. The third kappa shape index (κ3) is 4.82. The molecule has 31 heavy (non-hydrogen) atoms. The van der Waals surface area contributed by atoms with Gasteiger partial charge < -0.3 is 5.32 Å². The molecule has 0 unspecified atom stereocenters. The fraction of sp³-hybridized carbons (Fsp3) is 0.0400. The number of nitrogens with zero attached hydrogens (tertiary/aromatic N) is 3. The maximum atomic E-state index is 12.4. The molecule has 0 saturated carbocycles. The first-order valence-corrected chi connectivity index (χ1v) is 9.76. The highest BCUT2D eigenvalue weighted by molar-refractivity contribution is 6.02. The number of anilines is 1. The highest BCUT2D eigenvalue weighted by atomic mass is 16.1. The van der Waals surface area contributed by atoms with Gasteiger partial charge in [-0.2, -0.15) is 5.10 Å². The molecule has 0 aliphatic heterocycles. The molecular weight excluding hydrogens is 388 g/mol. The summed E-state index contributed by atoms with van der Waals surface area (Å²) in [6.45, 7) is 1.51. The first-order valence-electron chi connectivity index (χ1n) is 9.76. The molecule has 6 nitrogen and oxygen atoms in total. The molecule has 4 aromatic rings. The van der Waals surface area contributed by atoms with E-state index in [2.05, 4.69) is 10.3 Å². The summed E-state index contributed by atoms with van der Waals surface area (Å²) in [5.41, 5.74) is 4.51. The van der Waals surface area contributed by atoms with Crippen LogP contribution >= 0.6 is 0 Å². The summed E-state index contributed by atoms with van der Waals surface area (Å²) in [5, 5.41) is 7.50. The zero-order valence-electron chi connectivity index (χ0n) is 16.9. The average molecular weight is 408 g/mol. The largest absolute Gasteiger partial charge is 0.323 e. The molecule has 0 spiro atoms. The van der Waals surface area contributed by atoms with E-state index in [0.29, 0.717) is 11.3 Å². The standard InChI is InChI=1S/C25H20N4O2/c1-18(30)19-9-12-22(13-10-19)27-24(31)14-11-21-17-29(23-7-3-2-4-8-23)28-25(21)20-6-5-15-26-16-20/h2-17H,1H3,(H,27,31)/b14-11+. The topological polar surface area (TPSA) is 76.9 Å². The van der Waals surface area contributed by atoms with Gasteiger partial charge in [0, 0.05) is 47.0 Å². The van der Waals surface area contributed by atoms with E-state index in [1.165, 1.54) is 13.0 Å². The molecular formula is C25H20N4O2. The molecule has 4 rings (SSSR count). The number of amides is 1. The van der Waals surface area contributed by atoms with Crippen LogP contribution in [0.15, 0.2) is 91.4 Å². The predicted molar refractivity (Wildman–Crippen MR) is 121 cm³/mol. The van der Waals surface area contributed by atoms with E-state index in [0.717, 1.165) is 22.5 Å². The fourth-order valence-corrected chi connectivity index (χ4v) is 3.09. The lowest BCUT2D eigenvalue weighted by atomic mass is 10.1. The second kappa shape index (κ2) is 9.00. The highest BCUT2D eigenvalue weighted by Crippen LogP contribution is 2.24. The molecule has 0 saturated heterocycles. The molecule has 2 aromatic carbocycles. The van der Waals surface area contributed by atoms with E-state index >= 15 is 0 Å². The minimum Gasteiger partial charge on any atom is -0.323 e. The van der Waals surface area contributed by atoms with Crippen molar-refractivity contribution < 1.29 is 9.59 Å². The van der Waals surface area contributed by atoms with Crippen LogP contribution in [0.4, 0.5) is 5.69 Å². The molecule has 0 aliphatic carbocycles. The Morgan fingerprint density at radius 3 is 2.42 bits per heavy atom. The van der Waals surface area contributed by atoms with Gasteiger partial charge in [0.2, 0.25) is 5.91 Å². The number of Topliss-reactive ketones (excluding diaryl/α,β-unsaturated/α-hetero) is 1. The minimum absolute atomic E-state index is 0.0175. The third-order valence-electron chi connectivity index (χ3n) is 4.67. The highest BCUT2D eigenvalue weighted by Gasteiger charge is 2.11. The van der Waals surface area contributed by atoms with Crippen LogP contribution in [0.5, 0.6) is 0 Å². The fourth-order valence-electron chi connectivity index (χ4n) is 3.09. The van der Waals surface area contributed by atoms with Gasteiger partial charge in [-0.05, 0) is 61.5 Å². The Bertz CT molecular complexity index is 1230. The quantitative estimate of drug-likeness (QED) is 0.368. The Kier molecular flexibility index (Phi) is 5.80. The molecule has 0 atom stereocenters. The average Bonchev–Trinajstić information content (AvgIpc) is 3.24. The van der Waals surface area contributed by atoms with Gasteiger partial charge in [-0.25, -0.2) is 4.68 Å². The van der Waals surface area contributed by atoms with Gasteiger partial charge in [0.15, 0.2) is 5.78 Å². The summed E-state index contributed by atoms with van der Waals surface area (Å²) in [4.78, 5) is 28.0. The van der Waals surface area contributed by atoms with Gasteiger partial charge in [-0.15, -0.1) is 0 Å². The molecule has 1 amide bonds. The van der Waals surface area contributed by atoms with Crippen LogP contribution in [0.1, 0.15) is 22.8 Å². The van der Waals surface area contributed by atoms with Crippen LogP contribution in [0.25, 0.3) is 23.0 Å². The first kappa shape index (κ1) is 20.0. The lowest BCUT2D eigenvalue weighted by Gasteiger charge is -2.03. The van der Waals surface area contributed by atoms with E-state index in [4.69, 9.17) is 5.10 Å². The van der Waals surface area contributed by atoms with Gasteiger partial charge in [0.05, 0.1) is 5.69 Å². The minimum atomic E-state index is -0.278. The smallest absolute Gasteiger partial charge is 0.248 e. The number of rotatable bonds is 6. The second-order valence-corrected chi connectivity index (χ2v) is 6.91. The number of aromatic nitrogens is 3. The van der Waals surface area contributed by atoms with Crippen LogP contribution < -0.4 is 5.32 Å². The monoisotopic (exact) mass is 408 g/mol. The van der Waals surface area contributed by atoms with Crippen LogP contribution in [0.2, 0.25) is 0 Å². The zero-order chi connectivity index (χ0) is 21.6. The number of carbonyl (C=O) groups is 2. The van der Waals surface area contributed by atoms with Crippen LogP contribution in [-0.4, -0.2) is 26.5 Å². The van der Waals surface area contributed by atoms with Crippen molar-refractivity contribution in [1.82, 2.24) is 14.8 Å².